The highest BCUT2D eigenvalue weighted by Crippen LogP contribution is 2.18. The minimum Gasteiger partial charge on any atom is -0.370 e. The predicted molar refractivity (Wildman–Crippen MR) is 84.5 cm³/mol. The van der Waals surface area contributed by atoms with E-state index in [-0.39, 0.29) is 5.82 Å². The van der Waals surface area contributed by atoms with Crippen molar-refractivity contribution in [2.45, 2.75) is 33.1 Å². The molecular formula is C16H21FN4. The molecule has 0 aliphatic rings. The second kappa shape index (κ2) is 7.57. The van der Waals surface area contributed by atoms with Crippen LogP contribution in [0.1, 0.15) is 32.5 Å². The summed E-state index contributed by atoms with van der Waals surface area (Å²) in [5.74, 6) is 2.10. The molecule has 0 amide bonds. The molecule has 0 atom stereocenters. The first-order valence-corrected chi connectivity index (χ1v) is 7.35. The van der Waals surface area contributed by atoms with Gasteiger partial charge >= 0.3 is 0 Å². The molecule has 0 saturated heterocycles. The van der Waals surface area contributed by atoms with E-state index in [0.717, 1.165) is 49.0 Å². The van der Waals surface area contributed by atoms with Crippen LogP contribution in [0.3, 0.4) is 0 Å². The third kappa shape index (κ3) is 4.70. The summed E-state index contributed by atoms with van der Waals surface area (Å²) in [7, 11) is 0. The maximum absolute atomic E-state index is 12.9. The number of nitrogens with one attached hydrogen (secondary N) is 2. The Bertz CT molecular complexity index is 569. The number of aryl methyl sites for hydroxylation is 1. The van der Waals surface area contributed by atoms with Gasteiger partial charge in [-0.25, -0.2) is 14.4 Å². The Labute approximate surface area is 124 Å². The summed E-state index contributed by atoms with van der Waals surface area (Å²) in [4.78, 5) is 8.99. The smallest absolute Gasteiger partial charge is 0.136 e. The molecule has 0 aliphatic carbocycles. The van der Waals surface area contributed by atoms with Crippen LogP contribution in [0.2, 0.25) is 0 Å². The molecule has 1 aromatic carbocycles. The molecule has 2 rings (SSSR count). The van der Waals surface area contributed by atoms with E-state index in [1.54, 1.807) is 12.1 Å². The Morgan fingerprint density at radius 3 is 2.38 bits per heavy atom. The van der Waals surface area contributed by atoms with Gasteiger partial charge < -0.3 is 10.6 Å². The van der Waals surface area contributed by atoms with Crippen molar-refractivity contribution in [3.05, 3.63) is 42.0 Å². The van der Waals surface area contributed by atoms with Gasteiger partial charge in [0, 0.05) is 24.7 Å². The van der Waals surface area contributed by atoms with Gasteiger partial charge in [0.15, 0.2) is 0 Å². The topological polar surface area (TPSA) is 49.8 Å². The lowest BCUT2D eigenvalue weighted by Gasteiger charge is -2.11. The van der Waals surface area contributed by atoms with Crippen LogP contribution in [0.4, 0.5) is 21.7 Å². The van der Waals surface area contributed by atoms with Crippen LogP contribution < -0.4 is 10.6 Å². The van der Waals surface area contributed by atoms with Crippen LogP contribution in [0.5, 0.6) is 0 Å². The van der Waals surface area contributed by atoms with Gasteiger partial charge in [-0.1, -0.05) is 13.8 Å². The van der Waals surface area contributed by atoms with Crippen molar-refractivity contribution in [2.24, 2.45) is 0 Å². The molecule has 0 unspecified atom stereocenters. The largest absolute Gasteiger partial charge is 0.370 e. The van der Waals surface area contributed by atoms with E-state index in [0.29, 0.717) is 0 Å². The molecule has 0 fully saturated rings. The minimum atomic E-state index is -0.250. The average Bonchev–Trinajstić information content (AvgIpc) is 2.48. The number of benzene rings is 1. The number of halogens is 1. The lowest BCUT2D eigenvalue weighted by molar-refractivity contribution is 0.628. The maximum Gasteiger partial charge on any atom is 0.136 e. The molecule has 2 N–H and O–H groups in total. The SMILES string of the molecule is CCCNc1cc(Nc2ccc(F)cc2)nc(CCC)n1. The van der Waals surface area contributed by atoms with Crippen LogP contribution in [0.15, 0.2) is 30.3 Å². The molecular weight excluding hydrogens is 267 g/mol. The molecule has 2 aromatic rings. The third-order valence-corrected chi connectivity index (χ3v) is 2.92. The van der Waals surface area contributed by atoms with E-state index in [9.17, 15) is 4.39 Å². The van der Waals surface area contributed by atoms with Gasteiger partial charge in [-0.15, -0.1) is 0 Å². The molecule has 21 heavy (non-hydrogen) atoms. The van der Waals surface area contributed by atoms with Gasteiger partial charge in [-0.2, -0.15) is 0 Å². The van der Waals surface area contributed by atoms with Crippen LogP contribution >= 0.6 is 0 Å². The first kappa shape index (κ1) is 15.2. The number of hydrogen-bond acceptors (Lipinski definition) is 4. The zero-order valence-corrected chi connectivity index (χ0v) is 12.5. The number of anilines is 3. The Balaban J connectivity index is 2.19. The van der Waals surface area contributed by atoms with Gasteiger partial charge in [-0.3, -0.25) is 0 Å². The fourth-order valence-corrected chi connectivity index (χ4v) is 1.92. The van der Waals surface area contributed by atoms with Crippen LogP contribution in [0, 0.1) is 5.82 Å². The second-order valence-electron chi connectivity index (χ2n) is 4.86. The summed E-state index contributed by atoms with van der Waals surface area (Å²) < 4.78 is 12.9. The summed E-state index contributed by atoms with van der Waals surface area (Å²) in [6, 6.07) is 8.10. The zero-order valence-electron chi connectivity index (χ0n) is 12.5. The lowest BCUT2D eigenvalue weighted by atomic mass is 10.3. The quantitative estimate of drug-likeness (QED) is 0.804. The van der Waals surface area contributed by atoms with Gasteiger partial charge in [0.1, 0.15) is 23.3 Å². The Morgan fingerprint density at radius 1 is 1.00 bits per heavy atom. The van der Waals surface area contributed by atoms with Crippen molar-refractivity contribution >= 4 is 17.3 Å². The van der Waals surface area contributed by atoms with Gasteiger partial charge in [0.25, 0.3) is 0 Å². The standard InChI is InChI=1S/C16H21FN4/c1-3-5-14-20-15(18-10-4-2)11-16(21-14)19-13-8-6-12(17)7-9-13/h6-9,11H,3-5,10H2,1-2H3,(H2,18,19,20,21). The van der Waals surface area contributed by atoms with Crippen molar-refractivity contribution in [3.8, 4) is 0 Å². The highest BCUT2D eigenvalue weighted by molar-refractivity contribution is 5.59. The second-order valence-corrected chi connectivity index (χ2v) is 4.86. The molecule has 112 valence electrons. The van der Waals surface area contributed by atoms with E-state index in [1.807, 2.05) is 6.07 Å². The van der Waals surface area contributed by atoms with E-state index in [2.05, 4.69) is 34.4 Å². The summed E-state index contributed by atoms with van der Waals surface area (Å²) in [5.41, 5.74) is 0.805. The first-order valence-electron chi connectivity index (χ1n) is 7.35. The summed E-state index contributed by atoms with van der Waals surface area (Å²) >= 11 is 0. The summed E-state index contributed by atoms with van der Waals surface area (Å²) in [6.07, 6.45) is 2.86. The Kier molecular flexibility index (Phi) is 5.49. The van der Waals surface area contributed by atoms with Crippen molar-refractivity contribution < 1.29 is 4.39 Å². The van der Waals surface area contributed by atoms with Gasteiger partial charge in [-0.05, 0) is 37.1 Å². The molecule has 1 heterocycles. The third-order valence-electron chi connectivity index (χ3n) is 2.92. The molecule has 0 aliphatic heterocycles. The van der Waals surface area contributed by atoms with E-state index in [4.69, 9.17) is 0 Å². The summed E-state index contributed by atoms with van der Waals surface area (Å²) in [6.45, 7) is 5.08. The molecule has 5 heteroatoms. The van der Waals surface area contributed by atoms with E-state index < -0.39 is 0 Å². The van der Waals surface area contributed by atoms with Crippen molar-refractivity contribution in [1.82, 2.24) is 9.97 Å². The normalized spacial score (nSPS) is 10.4. The Morgan fingerprint density at radius 2 is 1.71 bits per heavy atom. The van der Waals surface area contributed by atoms with Crippen LogP contribution in [0.25, 0.3) is 0 Å². The van der Waals surface area contributed by atoms with Gasteiger partial charge in [0.2, 0.25) is 0 Å². The van der Waals surface area contributed by atoms with Crippen LogP contribution in [-0.4, -0.2) is 16.5 Å². The first-order chi connectivity index (χ1) is 10.2. The fourth-order valence-electron chi connectivity index (χ4n) is 1.92. The average molecular weight is 288 g/mol. The fraction of sp³-hybridized carbons (Fsp3) is 0.375. The van der Waals surface area contributed by atoms with E-state index in [1.165, 1.54) is 12.1 Å². The monoisotopic (exact) mass is 288 g/mol. The minimum absolute atomic E-state index is 0.250. The van der Waals surface area contributed by atoms with Crippen molar-refractivity contribution in [2.75, 3.05) is 17.2 Å². The zero-order chi connectivity index (χ0) is 15.1. The number of nitrogens with zero attached hydrogens (tertiary/aromatic N) is 2. The molecule has 1 aromatic heterocycles. The molecule has 0 radical (unpaired) electrons. The summed E-state index contributed by atoms with van der Waals surface area (Å²) in [5, 5.41) is 6.47. The number of aromatic nitrogens is 2. The predicted octanol–water partition coefficient (Wildman–Crippen LogP) is 4.13. The van der Waals surface area contributed by atoms with Crippen LogP contribution in [-0.2, 0) is 6.42 Å². The molecule has 0 saturated carbocycles. The maximum atomic E-state index is 12.9. The van der Waals surface area contributed by atoms with Gasteiger partial charge in [0.05, 0.1) is 0 Å². The van der Waals surface area contributed by atoms with Crippen molar-refractivity contribution in [3.63, 3.8) is 0 Å². The number of rotatable bonds is 7. The lowest BCUT2D eigenvalue weighted by Crippen LogP contribution is -2.07. The molecule has 4 nitrogen and oxygen atoms in total. The highest BCUT2D eigenvalue weighted by atomic mass is 19.1. The molecule has 0 bridgehead atoms. The molecule has 0 spiro atoms. The van der Waals surface area contributed by atoms with Crippen molar-refractivity contribution in [1.29, 1.82) is 0 Å². The van der Waals surface area contributed by atoms with E-state index >= 15 is 0 Å². The Hall–Kier alpha value is -2.17. The highest BCUT2D eigenvalue weighted by Gasteiger charge is 2.05. The number of hydrogen-bond donors (Lipinski definition) is 2.